The van der Waals surface area contributed by atoms with Gasteiger partial charge in [-0.05, 0) is 81.2 Å². The third-order valence-corrected chi connectivity index (χ3v) is 4.64. The van der Waals surface area contributed by atoms with E-state index >= 15 is 0 Å². The monoisotopic (exact) mass is 329 g/mol. The van der Waals surface area contributed by atoms with Crippen LogP contribution in [0.1, 0.15) is 31.7 Å². The molecule has 0 amide bonds. The minimum absolute atomic E-state index is 0.285. The highest BCUT2D eigenvalue weighted by atomic mass is 19.1. The van der Waals surface area contributed by atoms with Crippen LogP contribution in [-0.4, -0.2) is 29.6 Å². The maximum atomic E-state index is 12.9. The first-order valence-corrected chi connectivity index (χ1v) is 8.52. The second kappa shape index (κ2) is 7.32. The molecule has 2 aromatic carbocycles. The summed E-state index contributed by atoms with van der Waals surface area (Å²) < 4.78 is 18.6. The molecule has 128 valence electrons. The average Bonchev–Trinajstić information content (AvgIpc) is 3.09. The number of aliphatic hydroxyl groups is 1. The lowest BCUT2D eigenvalue weighted by Crippen LogP contribution is -2.29. The van der Waals surface area contributed by atoms with Crippen LogP contribution in [0.2, 0.25) is 0 Å². The molecule has 2 aromatic rings. The predicted molar refractivity (Wildman–Crippen MR) is 92.8 cm³/mol. The summed E-state index contributed by atoms with van der Waals surface area (Å²) in [5.41, 5.74) is 0.0323. The third kappa shape index (κ3) is 4.34. The summed E-state index contributed by atoms with van der Waals surface area (Å²) in [6.45, 7) is 5.06. The number of ether oxygens (including phenoxy) is 1. The van der Waals surface area contributed by atoms with Gasteiger partial charge in [-0.15, -0.1) is 0 Å². The predicted octanol–water partition coefficient (Wildman–Crippen LogP) is 4.31. The highest BCUT2D eigenvalue weighted by Gasteiger charge is 2.24. The molecule has 0 spiro atoms. The highest BCUT2D eigenvalue weighted by molar-refractivity contribution is 5.34. The van der Waals surface area contributed by atoms with E-state index in [0.717, 1.165) is 25.2 Å². The van der Waals surface area contributed by atoms with Crippen molar-refractivity contribution in [3.05, 3.63) is 59.9 Å². The van der Waals surface area contributed by atoms with Gasteiger partial charge in [0.2, 0.25) is 0 Å². The van der Waals surface area contributed by atoms with Gasteiger partial charge < -0.3 is 14.7 Å². The Balaban J connectivity index is 1.60. The van der Waals surface area contributed by atoms with E-state index in [9.17, 15) is 9.50 Å². The van der Waals surface area contributed by atoms with Crippen molar-refractivity contribution in [2.24, 2.45) is 0 Å². The molecular formula is C20H24FNO2. The van der Waals surface area contributed by atoms with Gasteiger partial charge in [-0.3, -0.25) is 0 Å². The molecule has 1 unspecified atom stereocenters. The number of halogens is 1. The van der Waals surface area contributed by atoms with Crippen LogP contribution in [0.4, 0.5) is 4.39 Å². The fourth-order valence-corrected chi connectivity index (χ4v) is 3.05. The zero-order valence-electron chi connectivity index (χ0n) is 14.0. The van der Waals surface area contributed by atoms with E-state index in [2.05, 4.69) is 4.90 Å². The standard InChI is InChI=1S/C20H24FNO2/c1-20(23,12-15-22-13-2-3-14-22)16-4-8-18(9-5-16)24-19-10-6-17(21)7-11-19/h4-11,23H,2-3,12-15H2,1H3. The Morgan fingerprint density at radius 1 is 1.00 bits per heavy atom. The Labute approximate surface area is 142 Å². The number of nitrogens with zero attached hydrogens (tertiary/aromatic N) is 1. The van der Waals surface area contributed by atoms with Crippen molar-refractivity contribution in [2.75, 3.05) is 19.6 Å². The third-order valence-electron chi connectivity index (χ3n) is 4.64. The summed E-state index contributed by atoms with van der Waals surface area (Å²) in [6, 6.07) is 13.4. The molecule has 1 saturated heterocycles. The molecule has 3 rings (SSSR count). The van der Waals surface area contributed by atoms with E-state index in [-0.39, 0.29) is 5.82 Å². The van der Waals surface area contributed by atoms with Crippen LogP contribution in [-0.2, 0) is 5.60 Å². The van der Waals surface area contributed by atoms with E-state index in [1.165, 1.54) is 25.0 Å². The van der Waals surface area contributed by atoms with Crippen LogP contribution >= 0.6 is 0 Å². The molecule has 0 radical (unpaired) electrons. The topological polar surface area (TPSA) is 32.7 Å². The molecule has 1 N–H and O–H groups in total. The number of rotatable bonds is 6. The maximum absolute atomic E-state index is 12.9. The Morgan fingerprint density at radius 2 is 1.54 bits per heavy atom. The van der Waals surface area contributed by atoms with Gasteiger partial charge in [0.25, 0.3) is 0 Å². The van der Waals surface area contributed by atoms with Crippen molar-refractivity contribution < 1.29 is 14.2 Å². The smallest absolute Gasteiger partial charge is 0.127 e. The van der Waals surface area contributed by atoms with E-state index in [4.69, 9.17) is 4.74 Å². The summed E-state index contributed by atoms with van der Waals surface area (Å²) >= 11 is 0. The summed E-state index contributed by atoms with van der Waals surface area (Å²) in [5, 5.41) is 10.7. The van der Waals surface area contributed by atoms with Crippen molar-refractivity contribution in [2.45, 2.75) is 31.8 Å². The van der Waals surface area contributed by atoms with Crippen LogP contribution in [0.3, 0.4) is 0 Å². The zero-order valence-corrected chi connectivity index (χ0v) is 14.0. The molecule has 0 bridgehead atoms. The van der Waals surface area contributed by atoms with Crippen molar-refractivity contribution in [1.29, 1.82) is 0 Å². The SMILES string of the molecule is CC(O)(CCN1CCCC1)c1ccc(Oc2ccc(F)cc2)cc1. The molecule has 0 aliphatic carbocycles. The van der Waals surface area contributed by atoms with Crippen LogP contribution in [0.25, 0.3) is 0 Å². The van der Waals surface area contributed by atoms with E-state index in [1.807, 2.05) is 31.2 Å². The largest absolute Gasteiger partial charge is 0.457 e. The number of likely N-dealkylation sites (tertiary alicyclic amines) is 1. The second-order valence-electron chi connectivity index (χ2n) is 6.65. The van der Waals surface area contributed by atoms with E-state index in [0.29, 0.717) is 17.9 Å². The normalized spacial score (nSPS) is 17.6. The Morgan fingerprint density at radius 3 is 2.12 bits per heavy atom. The molecule has 1 heterocycles. The minimum atomic E-state index is -0.850. The lowest BCUT2D eigenvalue weighted by Gasteiger charge is -2.26. The van der Waals surface area contributed by atoms with Crippen molar-refractivity contribution in [1.82, 2.24) is 4.90 Å². The van der Waals surface area contributed by atoms with E-state index in [1.54, 1.807) is 12.1 Å². The second-order valence-corrected chi connectivity index (χ2v) is 6.65. The molecule has 24 heavy (non-hydrogen) atoms. The molecular weight excluding hydrogens is 305 g/mol. The summed E-state index contributed by atoms with van der Waals surface area (Å²) in [6.07, 6.45) is 3.24. The summed E-state index contributed by atoms with van der Waals surface area (Å²) in [5.74, 6) is 0.970. The van der Waals surface area contributed by atoms with Crippen molar-refractivity contribution in [3.8, 4) is 11.5 Å². The van der Waals surface area contributed by atoms with Gasteiger partial charge >= 0.3 is 0 Å². The molecule has 0 aromatic heterocycles. The number of benzene rings is 2. The molecule has 1 atom stereocenters. The highest BCUT2D eigenvalue weighted by Crippen LogP contribution is 2.29. The maximum Gasteiger partial charge on any atom is 0.127 e. The first-order valence-electron chi connectivity index (χ1n) is 8.52. The molecule has 3 nitrogen and oxygen atoms in total. The summed E-state index contributed by atoms with van der Waals surface area (Å²) in [4.78, 5) is 2.40. The van der Waals surface area contributed by atoms with Crippen LogP contribution < -0.4 is 4.74 Å². The quantitative estimate of drug-likeness (QED) is 0.857. The first-order chi connectivity index (χ1) is 11.5. The van der Waals surface area contributed by atoms with Crippen molar-refractivity contribution >= 4 is 0 Å². The van der Waals surface area contributed by atoms with Crippen molar-refractivity contribution in [3.63, 3.8) is 0 Å². The zero-order chi connectivity index (χ0) is 17.0. The average molecular weight is 329 g/mol. The Kier molecular flexibility index (Phi) is 5.17. The molecule has 1 fully saturated rings. The Bertz CT molecular complexity index is 646. The van der Waals surface area contributed by atoms with Gasteiger partial charge in [0.15, 0.2) is 0 Å². The lowest BCUT2D eigenvalue weighted by molar-refractivity contribution is 0.0382. The molecule has 1 aliphatic heterocycles. The Hall–Kier alpha value is -1.91. The minimum Gasteiger partial charge on any atom is -0.457 e. The number of hydrogen-bond donors (Lipinski definition) is 1. The van der Waals surface area contributed by atoms with Gasteiger partial charge in [0.1, 0.15) is 17.3 Å². The van der Waals surface area contributed by atoms with Gasteiger partial charge in [-0.1, -0.05) is 12.1 Å². The molecule has 1 aliphatic rings. The fraction of sp³-hybridized carbons (Fsp3) is 0.400. The fourth-order valence-electron chi connectivity index (χ4n) is 3.05. The van der Waals surface area contributed by atoms with Gasteiger partial charge in [0.05, 0.1) is 5.60 Å². The lowest BCUT2D eigenvalue weighted by atomic mass is 9.92. The van der Waals surface area contributed by atoms with Crippen LogP contribution in [0.5, 0.6) is 11.5 Å². The van der Waals surface area contributed by atoms with E-state index < -0.39 is 5.60 Å². The summed E-state index contributed by atoms with van der Waals surface area (Å²) in [7, 11) is 0. The first kappa shape index (κ1) is 16.9. The van der Waals surface area contributed by atoms with Gasteiger partial charge in [0, 0.05) is 6.54 Å². The molecule has 0 saturated carbocycles. The van der Waals surface area contributed by atoms with Crippen LogP contribution in [0.15, 0.2) is 48.5 Å². The van der Waals surface area contributed by atoms with Gasteiger partial charge in [-0.25, -0.2) is 4.39 Å². The van der Waals surface area contributed by atoms with Gasteiger partial charge in [-0.2, -0.15) is 0 Å². The molecule has 4 heteroatoms. The van der Waals surface area contributed by atoms with Crippen LogP contribution in [0, 0.1) is 5.82 Å². The number of hydrogen-bond acceptors (Lipinski definition) is 3.